The van der Waals surface area contributed by atoms with Gasteiger partial charge in [0.1, 0.15) is 6.61 Å². The van der Waals surface area contributed by atoms with Gasteiger partial charge in [-0.2, -0.15) is 0 Å². The van der Waals surface area contributed by atoms with Crippen LogP contribution in [0.5, 0.6) is 0 Å². The molecule has 3 rings (SSSR count). The van der Waals surface area contributed by atoms with E-state index in [2.05, 4.69) is 10.3 Å². The molecule has 2 heterocycles. The van der Waals surface area contributed by atoms with E-state index in [1.807, 2.05) is 25.1 Å². The first-order valence-corrected chi connectivity index (χ1v) is 7.41. The number of cyclic esters (lactones) is 1. The molecular weight excluding hydrogens is 294 g/mol. The highest BCUT2D eigenvalue weighted by Crippen LogP contribution is 2.20. The predicted molar refractivity (Wildman–Crippen MR) is 85.3 cm³/mol. The summed E-state index contributed by atoms with van der Waals surface area (Å²) in [5.41, 5.74) is 1.94. The highest BCUT2D eigenvalue weighted by atomic mass is 16.6. The molecule has 1 aromatic carbocycles. The Kier molecular flexibility index (Phi) is 4.23. The van der Waals surface area contributed by atoms with Crippen LogP contribution in [0.1, 0.15) is 29.0 Å². The third-order valence-electron chi connectivity index (χ3n) is 3.66. The van der Waals surface area contributed by atoms with Crippen LogP contribution in [0.3, 0.4) is 0 Å². The van der Waals surface area contributed by atoms with Crippen molar-refractivity contribution in [3.05, 3.63) is 59.9 Å². The van der Waals surface area contributed by atoms with Gasteiger partial charge < -0.3 is 10.1 Å². The minimum atomic E-state index is -0.385. The van der Waals surface area contributed by atoms with Crippen molar-refractivity contribution < 1.29 is 14.3 Å². The number of pyridine rings is 1. The Morgan fingerprint density at radius 1 is 1.30 bits per heavy atom. The topological polar surface area (TPSA) is 71.5 Å². The summed E-state index contributed by atoms with van der Waals surface area (Å²) >= 11 is 0. The van der Waals surface area contributed by atoms with E-state index in [4.69, 9.17) is 4.74 Å². The number of nitrogens with one attached hydrogen (secondary N) is 1. The SMILES string of the molecule is C[C@H](NC(=O)c1cccc(N2CCOC2=O)c1)c1ccccn1. The molecule has 6 heteroatoms. The smallest absolute Gasteiger partial charge is 0.414 e. The van der Waals surface area contributed by atoms with E-state index >= 15 is 0 Å². The lowest BCUT2D eigenvalue weighted by atomic mass is 10.1. The van der Waals surface area contributed by atoms with Crippen LogP contribution in [-0.2, 0) is 4.74 Å². The van der Waals surface area contributed by atoms with Crippen LogP contribution in [0.25, 0.3) is 0 Å². The molecule has 1 saturated heterocycles. The molecule has 0 spiro atoms. The summed E-state index contributed by atoms with van der Waals surface area (Å²) < 4.78 is 4.92. The van der Waals surface area contributed by atoms with Crippen molar-refractivity contribution in [2.24, 2.45) is 0 Å². The third-order valence-corrected chi connectivity index (χ3v) is 3.66. The maximum absolute atomic E-state index is 12.4. The summed E-state index contributed by atoms with van der Waals surface area (Å²) in [4.78, 5) is 29.8. The molecule has 0 unspecified atom stereocenters. The highest BCUT2D eigenvalue weighted by Gasteiger charge is 2.24. The summed E-state index contributed by atoms with van der Waals surface area (Å²) in [6.45, 7) is 2.74. The van der Waals surface area contributed by atoms with E-state index in [0.29, 0.717) is 24.4 Å². The van der Waals surface area contributed by atoms with E-state index in [9.17, 15) is 9.59 Å². The molecule has 2 aromatic rings. The van der Waals surface area contributed by atoms with Gasteiger partial charge in [0.25, 0.3) is 5.91 Å². The zero-order valence-electron chi connectivity index (χ0n) is 12.7. The van der Waals surface area contributed by atoms with Crippen LogP contribution < -0.4 is 10.2 Å². The molecule has 0 aliphatic carbocycles. The van der Waals surface area contributed by atoms with E-state index in [1.54, 1.807) is 30.5 Å². The Morgan fingerprint density at radius 3 is 2.87 bits per heavy atom. The van der Waals surface area contributed by atoms with Crippen molar-refractivity contribution in [3.8, 4) is 0 Å². The maximum Gasteiger partial charge on any atom is 0.414 e. The fourth-order valence-electron chi connectivity index (χ4n) is 2.43. The second-order valence-corrected chi connectivity index (χ2v) is 5.27. The fourth-order valence-corrected chi connectivity index (χ4v) is 2.43. The van der Waals surface area contributed by atoms with Crippen molar-refractivity contribution in [1.29, 1.82) is 0 Å². The largest absolute Gasteiger partial charge is 0.447 e. The number of aromatic nitrogens is 1. The van der Waals surface area contributed by atoms with Gasteiger partial charge in [0.05, 0.1) is 18.3 Å². The lowest BCUT2D eigenvalue weighted by Crippen LogP contribution is -2.28. The molecule has 1 fully saturated rings. The standard InChI is InChI=1S/C17H17N3O3/c1-12(15-7-2-3-8-18-15)19-16(21)13-5-4-6-14(11-13)20-9-10-23-17(20)22/h2-8,11-12H,9-10H2,1H3,(H,19,21)/t12-/m0/s1. The molecule has 6 nitrogen and oxygen atoms in total. The van der Waals surface area contributed by atoms with Crippen LogP contribution in [0, 0.1) is 0 Å². The van der Waals surface area contributed by atoms with Crippen molar-refractivity contribution >= 4 is 17.7 Å². The molecule has 1 aromatic heterocycles. The Morgan fingerprint density at radius 2 is 2.17 bits per heavy atom. The zero-order chi connectivity index (χ0) is 16.2. The number of carbonyl (C=O) groups excluding carboxylic acids is 2. The first kappa shape index (κ1) is 15.0. The average Bonchev–Trinajstić information content (AvgIpc) is 3.02. The monoisotopic (exact) mass is 311 g/mol. The summed E-state index contributed by atoms with van der Waals surface area (Å²) in [5.74, 6) is -0.211. The molecule has 2 amide bonds. The molecule has 0 radical (unpaired) electrons. The van der Waals surface area contributed by atoms with Gasteiger partial charge in [-0.1, -0.05) is 12.1 Å². The maximum atomic E-state index is 12.4. The van der Waals surface area contributed by atoms with Gasteiger partial charge in [0.15, 0.2) is 0 Å². The number of benzene rings is 1. The van der Waals surface area contributed by atoms with E-state index < -0.39 is 0 Å². The number of carbonyl (C=O) groups is 2. The second kappa shape index (κ2) is 6.48. The molecule has 1 aliphatic rings. The van der Waals surface area contributed by atoms with Crippen LogP contribution in [0.4, 0.5) is 10.5 Å². The summed E-state index contributed by atoms with van der Waals surface area (Å²) in [6.07, 6.45) is 1.31. The Balaban J connectivity index is 1.74. The Labute approximate surface area is 134 Å². The summed E-state index contributed by atoms with van der Waals surface area (Å²) in [5, 5.41) is 2.91. The minimum absolute atomic E-state index is 0.205. The Hall–Kier alpha value is -2.89. The van der Waals surface area contributed by atoms with Crippen molar-refractivity contribution in [2.45, 2.75) is 13.0 Å². The van der Waals surface area contributed by atoms with Crippen LogP contribution in [-0.4, -0.2) is 30.1 Å². The van der Waals surface area contributed by atoms with Crippen LogP contribution >= 0.6 is 0 Å². The van der Waals surface area contributed by atoms with Gasteiger partial charge in [0.2, 0.25) is 0 Å². The lowest BCUT2D eigenvalue weighted by molar-refractivity contribution is 0.0939. The fraction of sp³-hybridized carbons (Fsp3) is 0.235. The number of nitrogens with zero attached hydrogens (tertiary/aromatic N) is 2. The molecule has 1 N–H and O–H groups in total. The van der Waals surface area contributed by atoms with E-state index in [-0.39, 0.29) is 18.0 Å². The van der Waals surface area contributed by atoms with E-state index in [0.717, 1.165) is 5.69 Å². The molecule has 1 atom stereocenters. The molecule has 118 valence electrons. The molecule has 0 saturated carbocycles. The normalized spacial score (nSPS) is 15.2. The minimum Gasteiger partial charge on any atom is -0.447 e. The lowest BCUT2D eigenvalue weighted by Gasteiger charge is -2.16. The summed E-state index contributed by atoms with van der Waals surface area (Å²) in [6, 6.07) is 12.3. The number of amides is 2. The van der Waals surface area contributed by atoms with Crippen molar-refractivity contribution in [2.75, 3.05) is 18.1 Å². The van der Waals surface area contributed by atoms with Gasteiger partial charge in [-0.25, -0.2) is 4.79 Å². The van der Waals surface area contributed by atoms with Gasteiger partial charge in [-0.05, 0) is 37.3 Å². The molecule has 1 aliphatic heterocycles. The number of ether oxygens (including phenoxy) is 1. The van der Waals surface area contributed by atoms with Crippen molar-refractivity contribution in [1.82, 2.24) is 10.3 Å². The van der Waals surface area contributed by atoms with E-state index in [1.165, 1.54) is 4.90 Å². The average molecular weight is 311 g/mol. The molecule has 23 heavy (non-hydrogen) atoms. The first-order valence-electron chi connectivity index (χ1n) is 7.41. The summed E-state index contributed by atoms with van der Waals surface area (Å²) in [7, 11) is 0. The predicted octanol–water partition coefficient (Wildman–Crippen LogP) is 2.53. The Bertz CT molecular complexity index is 718. The van der Waals surface area contributed by atoms with Crippen LogP contribution in [0.15, 0.2) is 48.7 Å². The van der Waals surface area contributed by atoms with Gasteiger partial charge >= 0.3 is 6.09 Å². The zero-order valence-corrected chi connectivity index (χ0v) is 12.7. The third kappa shape index (κ3) is 3.31. The van der Waals surface area contributed by atoms with Gasteiger partial charge in [-0.3, -0.25) is 14.7 Å². The quantitative estimate of drug-likeness (QED) is 0.942. The van der Waals surface area contributed by atoms with Crippen molar-refractivity contribution in [3.63, 3.8) is 0 Å². The first-order chi connectivity index (χ1) is 11.1. The second-order valence-electron chi connectivity index (χ2n) is 5.27. The number of hydrogen-bond acceptors (Lipinski definition) is 4. The molecule has 0 bridgehead atoms. The van der Waals surface area contributed by atoms with Crippen LogP contribution in [0.2, 0.25) is 0 Å². The van der Waals surface area contributed by atoms with Gasteiger partial charge in [0, 0.05) is 17.4 Å². The number of hydrogen-bond donors (Lipinski definition) is 1. The number of anilines is 1. The molecular formula is C17H17N3O3. The number of rotatable bonds is 4. The highest BCUT2D eigenvalue weighted by molar-refractivity contribution is 5.97. The van der Waals surface area contributed by atoms with Gasteiger partial charge in [-0.15, -0.1) is 0 Å².